The molecule has 0 saturated carbocycles. The van der Waals surface area contributed by atoms with Crippen LogP contribution in [0, 0.1) is 0 Å². The number of sulfonamides is 1. The van der Waals surface area contributed by atoms with E-state index in [1.807, 2.05) is 36.4 Å². The van der Waals surface area contributed by atoms with E-state index in [1.54, 1.807) is 44.4 Å². The molecule has 0 aliphatic rings. The second-order valence-electron chi connectivity index (χ2n) is 8.38. The zero-order chi connectivity index (χ0) is 26.0. The predicted octanol–water partition coefficient (Wildman–Crippen LogP) is 4.44. The van der Waals surface area contributed by atoms with Crippen LogP contribution in [0.4, 0.5) is 5.69 Å². The number of ether oxygens (including phenoxy) is 2. The minimum absolute atomic E-state index is 0.000642. The number of fused-ring (bicyclic) bond motifs is 1. The van der Waals surface area contributed by atoms with Crippen molar-refractivity contribution in [3.63, 3.8) is 0 Å². The summed E-state index contributed by atoms with van der Waals surface area (Å²) >= 11 is 0. The van der Waals surface area contributed by atoms with E-state index >= 15 is 0 Å². The zero-order valence-electron chi connectivity index (χ0n) is 20.2. The highest BCUT2D eigenvalue weighted by Crippen LogP contribution is 2.36. The number of hydrogen-bond donors (Lipinski definition) is 1. The van der Waals surface area contributed by atoms with Gasteiger partial charge in [0.2, 0.25) is 0 Å². The quantitative estimate of drug-likeness (QED) is 0.327. The van der Waals surface area contributed by atoms with Crippen LogP contribution in [0.25, 0.3) is 11.0 Å². The Morgan fingerprint density at radius 2 is 1.59 bits per heavy atom. The number of nitrogens with zero attached hydrogens (tertiary/aromatic N) is 3. The average Bonchev–Trinajstić information content (AvgIpc) is 3.12. The molecule has 5 aromatic rings. The number of benzene rings is 3. The Hall–Kier alpha value is -4.57. The molecule has 2 aromatic heterocycles. The lowest BCUT2D eigenvalue weighted by molar-refractivity contribution is 0.304. The first-order valence-corrected chi connectivity index (χ1v) is 12.9. The van der Waals surface area contributed by atoms with E-state index in [0.29, 0.717) is 29.1 Å². The van der Waals surface area contributed by atoms with Crippen LogP contribution >= 0.6 is 0 Å². The van der Waals surface area contributed by atoms with Crippen molar-refractivity contribution in [1.82, 2.24) is 14.1 Å². The lowest BCUT2D eigenvalue weighted by atomic mass is 10.2. The van der Waals surface area contributed by atoms with Gasteiger partial charge in [-0.2, -0.15) is 0 Å². The zero-order valence-corrected chi connectivity index (χ0v) is 21.0. The first-order chi connectivity index (χ1) is 17.8. The summed E-state index contributed by atoms with van der Waals surface area (Å²) in [5, 5.41) is 0. The lowest BCUT2D eigenvalue weighted by Crippen LogP contribution is -2.19. The van der Waals surface area contributed by atoms with Crippen molar-refractivity contribution < 1.29 is 17.9 Å². The van der Waals surface area contributed by atoms with Crippen molar-refractivity contribution in [3.05, 3.63) is 107 Å². The van der Waals surface area contributed by atoms with E-state index < -0.39 is 10.0 Å². The maximum absolute atomic E-state index is 13.1. The standard InChI is InChI=1S/C27H24N4O5S/c1-30-24-15-23(29-37(33,34)22-12-7-13-28-17-22)26(16-25(24)31(2)27(30)32)36-21-11-6-10-20(14-21)35-18-19-8-4-3-5-9-19/h3-17,29H,18H2,1-2H3. The van der Waals surface area contributed by atoms with Gasteiger partial charge in [0.25, 0.3) is 10.0 Å². The van der Waals surface area contributed by atoms with Gasteiger partial charge >= 0.3 is 5.69 Å². The molecular formula is C27H24N4O5S. The van der Waals surface area contributed by atoms with Gasteiger partial charge in [-0.05, 0) is 35.9 Å². The molecule has 0 spiro atoms. The Labute approximate surface area is 213 Å². The number of pyridine rings is 1. The highest BCUT2D eigenvalue weighted by molar-refractivity contribution is 7.92. The van der Waals surface area contributed by atoms with Crippen molar-refractivity contribution in [2.45, 2.75) is 11.5 Å². The number of imidazole rings is 1. The summed E-state index contributed by atoms with van der Waals surface area (Å²) in [5.41, 5.74) is 2.08. The van der Waals surface area contributed by atoms with Gasteiger partial charge in [-0.25, -0.2) is 13.2 Å². The van der Waals surface area contributed by atoms with Crippen molar-refractivity contribution in [3.8, 4) is 17.2 Å². The van der Waals surface area contributed by atoms with Crippen LogP contribution in [0.2, 0.25) is 0 Å². The van der Waals surface area contributed by atoms with Crippen LogP contribution in [0.15, 0.2) is 101 Å². The summed E-state index contributed by atoms with van der Waals surface area (Å²) in [4.78, 5) is 16.4. The van der Waals surface area contributed by atoms with Crippen LogP contribution < -0.4 is 19.9 Å². The van der Waals surface area contributed by atoms with E-state index in [1.165, 1.54) is 33.7 Å². The molecule has 10 heteroatoms. The molecule has 2 heterocycles. The van der Waals surface area contributed by atoms with E-state index in [4.69, 9.17) is 9.47 Å². The molecule has 5 rings (SSSR count). The van der Waals surface area contributed by atoms with E-state index in [2.05, 4.69) is 9.71 Å². The van der Waals surface area contributed by atoms with Crippen LogP contribution in [0.3, 0.4) is 0 Å². The smallest absolute Gasteiger partial charge is 0.328 e. The largest absolute Gasteiger partial charge is 0.489 e. The fraction of sp³-hybridized carbons (Fsp3) is 0.111. The molecule has 0 unspecified atom stereocenters. The maximum Gasteiger partial charge on any atom is 0.328 e. The normalized spacial score (nSPS) is 11.4. The second-order valence-corrected chi connectivity index (χ2v) is 10.1. The van der Waals surface area contributed by atoms with Crippen molar-refractivity contribution in [2.24, 2.45) is 14.1 Å². The molecule has 0 amide bonds. The molecule has 0 fully saturated rings. The third-order valence-corrected chi connectivity index (χ3v) is 7.19. The Bertz CT molecular complexity index is 1730. The predicted molar refractivity (Wildman–Crippen MR) is 140 cm³/mol. The molecule has 0 aliphatic heterocycles. The third-order valence-electron chi connectivity index (χ3n) is 5.84. The third kappa shape index (κ3) is 5.05. The summed E-state index contributed by atoms with van der Waals surface area (Å²) in [5.74, 6) is 1.25. The summed E-state index contributed by atoms with van der Waals surface area (Å²) in [6.45, 7) is 0.387. The summed E-state index contributed by atoms with van der Waals surface area (Å²) in [7, 11) is -0.704. The minimum atomic E-state index is -3.97. The van der Waals surface area contributed by atoms with Crippen molar-refractivity contribution in [1.29, 1.82) is 0 Å². The molecule has 37 heavy (non-hydrogen) atoms. The van der Waals surface area contributed by atoms with Gasteiger partial charge in [0.15, 0.2) is 5.75 Å². The van der Waals surface area contributed by atoms with Crippen LogP contribution in [0.5, 0.6) is 17.2 Å². The average molecular weight is 517 g/mol. The van der Waals surface area contributed by atoms with Gasteiger partial charge in [-0.1, -0.05) is 36.4 Å². The van der Waals surface area contributed by atoms with Gasteiger partial charge in [-0.3, -0.25) is 18.8 Å². The number of aromatic nitrogens is 3. The minimum Gasteiger partial charge on any atom is -0.489 e. The van der Waals surface area contributed by atoms with Gasteiger partial charge in [0.05, 0.1) is 16.7 Å². The highest BCUT2D eigenvalue weighted by Gasteiger charge is 2.20. The molecule has 0 aliphatic carbocycles. The SMILES string of the molecule is Cn1c(=O)n(C)c2cc(Oc3cccc(OCc4ccccc4)c3)c(NS(=O)(=O)c3cccnc3)cc21. The molecule has 3 aromatic carbocycles. The van der Waals surface area contributed by atoms with E-state index in [-0.39, 0.29) is 22.0 Å². The fourth-order valence-corrected chi connectivity index (χ4v) is 4.92. The van der Waals surface area contributed by atoms with Gasteiger partial charge in [0.1, 0.15) is 23.0 Å². The van der Waals surface area contributed by atoms with Crippen molar-refractivity contribution >= 4 is 26.7 Å². The highest BCUT2D eigenvalue weighted by atomic mass is 32.2. The Balaban J connectivity index is 1.51. The van der Waals surface area contributed by atoms with E-state index in [9.17, 15) is 13.2 Å². The topological polar surface area (TPSA) is 104 Å². The Morgan fingerprint density at radius 1 is 0.865 bits per heavy atom. The molecule has 9 nitrogen and oxygen atoms in total. The van der Waals surface area contributed by atoms with Crippen LogP contribution in [0.1, 0.15) is 5.56 Å². The molecule has 188 valence electrons. The summed E-state index contributed by atoms with van der Waals surface area (Å²) < 4.78 is 43.7. The molecule has 0 radical (unpaired) electrons. The second kappa shape index (κ2) is 9.82. The van der Waals surface area contributed by atoms with Gasteiger partial charge < -0.3 is 9.47 Å². The number of anilines is 1. The monoisotopic (exact) mass is 516 g/mol. The Kier molecular flexibility index (Phi) is 6.41. The number of nitrogens with one attached hydrogen (secondary N) is 1. The molecular weight excluding hydrogens is 492 g/mol. The molecule has 0 saturated heterocycles. The van der Waals surface area contributed by atoms with E-state index in [0.717, 1.165) is 5.56 Å². The Morgan fingerprint density at radius 3 is 2.32 bits per heavy atom. The van der Waals surface area contributed by atoms with Gasteiger partial charge in [-0.15, -0.1) is 0 Å². The van der Waals surface area contributed by atoms with Gasteiger partial charge in [0, 0.05) is 38.6 Å². The van der Waals surface area contributed by atoms with Crippen LogP contribution in [-0.2, 0) is 30.7 Å². The fourth-order valence-electron chi connectivity index (χ4n) is 3.90. The maximum atomic E-state index is 13.1. The molecule has 0 atom stereocenters. The number of aryl methyl sites for hydroxylation is 2. The first-order valence-electron chi connectivity index (χ1n) is 11.4. The van der Waals surface area contributed by atoms with Crippen molar-refractivity contribution in [2.75, 3.05) is 4.72 Å². The number of hydrogen-bond acceptors (Lipinski definition) is 6. The lowest BCUT2D eigenvalue weighted by Gasteiger charge is -2.15. The first kappa shape index (κ1) is 24.1. The summed E-state index contributed by atoms with van der Waals surface area (Å²) in [6, 6.07) is 23.0. The number of rotatable bonds is 8. The molecule has 0 bridgehead atoms. The molecule has 1 N–H and O–H groups in total. The summed E-state index contributed by atoms with van der Waals surface area (Å²) in [6.07, 6.45) is 2.75. The van der Waals surface area contributed by atoms with Crippen LogP contribution in [-0.4, -0.2) is 22.5 Å².